The number of anilines is 1. The summed E-state index contributed by atoms with van der Waals surface area (Å²) >= 11 is 0. The normalized spacial score (nSPS) is 19.5. The molecule has 1 aliphatic heterocycles. The highest BCUT2D eigenvalue weighted by Crippen LogP contribution is 2.14. The van der Waals surface area contributed by atoms with Crippen molar-refractivity contribution in [1.82, 2.24) is 4.90 Å². The summed E-state index contributed by atoms with van der Waals surface area (Å²) in [5.74, 6) is -1.03. The summed E-state index contributed by atoms with van der Waals surface area (Å²) in [5, 5.41) is 2.64. The molecule has 1 saturated heterocycles. The maximum absolute atomic E-state index is 12.8. The van der Waals surface area contributed by atoms with E-state index in [2.05, 4.69) is 5.32 Å². The van der Waals surface area contributed by atoms with E-state index in [0.29, 0.717) is 25.4 Å². The second kappa shape index (κ2) is 6.47. The zero-order valence-electron chi connectivity index (χ0n) is 11.3. The minimum absolute atomic E-state index is 0.0318. The van der Waals surface area contributed by atoms with Crippen molar-refractivity contribution in [2.45, 2.75) is 19.4 Å². The Bertz CT molecular complexity index is 490. The molecule has 1 aromatic carbocycles. The van der Waals surface area contributed by atoms with Gasteiger partial charge in [-0.1, -0.05) is 6.92 Å². The van der Waals surface area contributed by atoms with E-state index in [1.807, 2.05) is 11.8 Å². The number of benzene rings is 1. The monoisotopic (exact) mass is 280 g/mol. The first-order chi connectivity index (χ1) is 9.60. The lowest BCUT2D eigenvalue weighted by molar-refractivity contribution is -0.158. The molecule has 5 nitrogen and oxygen atoms in total. The predicted molar refractivity (Wildman–Crippen MR) is 71.6 cm³/mol. The van der Waals surface area contributed by atoms with E-state index in [1.165, 1.54) is 24.3 Å². The van der Waals surface area contributed by atoms with Crippen LogP contribution in [0.25, 0.3) is 0 Å². The Morgan fingerprint density at radius 1 is 1.45 bits per heavy atom. The van der Waals surface area contributed by atoms with Crippen LogP contribution in [-0.4, -0.2) is 42.5 Å². The highest BCUT2D eigenvalue weighted by molar-refractivity contribution is 5.94. The number of esters is 1. The van der Waals surface area contributed by atoms with E-state index >= 15 is 0 Å². The Labute approximate surface area is 116 Å². The largest absolute Gasteiger partial charge is 0.463 e. The zero-order chi connectivity index (χ0) is 14.5. The summed E-state index contributed by atoms with van der Waals surface area (Å²) in [6, 6.07) is 4.94. The molecule has 0 saturated carbocycles. The Balaban J connectivity index is 1.95. The first-order valence-corrected chi connectivity index (χ1v) is 6.56. The first-order valence-electron chi connectivity index (χ1n) is 6.56. The number of cyclic esters (lactones) is 1. The fourth-order valence-corrected chi connectivity index (χ4v) is 2.18. The molecule has 2 rings (SSSR count). The molecular weight excluding hydrogens is 263 g/mol. The fraction of sp³-hybridized carbons (Fsp3) is 0.429. The van der Waals surface area contributed by atoms with Crippen LogP contribution < -0.4 is 5.32 Å². The molecule has 1 fully saturated rings. The average molecular weight is 280 g/mol. The zero-order valence-corrected chi connectivity index (χ0v) is 11.3. The number of rotatable bonds is 4. The van der Waals surface area contributed by atoms with Crippen molar-refractivity contribution in [2.75, 3.05) is 25.0 Å². The van der Waals surface area contributed by atoms with E-state index in [9.17, 15) is 14.0 Å². The van der Waals surface area contributed by atoms with Crippen molar-refractivity contribution in [2.24, 2.45) is 0 Å². The molecule has 1 atom stereocenters. The molecule has 1 amide bonds. The highest BCUT2D eigenvalue weighted by Gasteiger charge is 2.32. The molecule has 20 heavy (non-hydrogen) atoms. The molecule has 0 unspecified atom stereocenters. The number of amides is 1. The molecule has 0 spiro atoms. The van der Waals surface area contributed by atoms with E-state index in [-0.39, 0.29) is 24.1 Å². The summed E-state index contributed by atoms with van der Waals surface area (Å²) < 4.78 is 17.7. The second-order valence-electron chi connectivity index (χ2n) is 4.57. The van der Waals surface area contributed by atoms with Gasteiger partial charge in [0.15, 0.2) is 0 Å². The van der Waals surface area contributed by atoms with Crippen molar-refractivity contribution < 1.29 is 18.7 Å². The smallest absolute Gasteiger partial charge is 0.323 e. The van der Waals surface area contributed by atoms with Gasteiger partial charge in [0.05, 0.1) is 6.42 Å². The number of nitrogens with one attached hydrogen (secondary N) is 1. The van der Waals surface area contributed by atoms with Gasteiger partial charge >= 0.3 is 5.97 Å². The standard InChI is InChI=1S/C14H17FN2O3/c1-2-17-7-8-20-14(19)12(17)9-13(18)16-11-5-3-10(15)4-6-11/h3-6,12H,2,7-9H2,1H3,(H,16,18)/t12-/m1/s1. The van der Waals surface area contributed by atoms with Crippen LogP contribution in [0.2, 0.25) is 0 Å². The molecule has 1 N–H and O–H groups in total. The van der Waals surface area contributed by atoms with Crippen molar-refractivity contribution in [3.8, 4) is 0 Å². The predicted octanol–water partition coefficient (Wildman–Crippen LogP) is 1.40. The number of carbonyl (C=O) groups excluding carboxylic acids is 2. The van der Waals surface area contributed by atoms with Crippen LogP contribution in [0.5, 0.6) is 0 Å². The topological polar surface area (TPSA) is 58.6 Å². The molecule has 0 radical (unpaired) electrons. The van der Waals surface area contributed by atoms with Gasteiger partial charge in [-0.2, -0.15) is 0 Å². The Morgan fingerprint density at radius 3 is 2.80 bits per heavy atom. The number of hydrogen-bond donors (Lipinski definition) is 1. The third kappa shape index (κ3) is 3.54. The van der Waals surface area contributed by atoms with Crippen molar-refractivity contribution in [3.05, 3.63) is 30.1 Å². The van der Waals surface area contributed by atoms with Crippen LogP contribution in [0, 0.1) is 5.82 Å². The molecule has 0 bridgehead atoms. The van der Waals surface area contributed by atoms with Gasteiger partial charge in [0.1, 0.15) is 18.5 Å². The van der Waals surface area contributed by atoms with E-state index in [1.54, 1.807) is 0 Å². The minimum Gasteiger partial charge on any atom is -0.463 e. The van der Waals surface area contributed by atoms with Gasteiger partial charge in [-0.05, 0) is 30.8 Å². The Kier molecular flexibility index (Phi) is 4.68. The van der Waals surface area contributed by atoms with Gasteiger partial charge in [-0.3, -0.25) is 14.5 Å². The third-order valence-corrected chi connectivity index (χ3v) is 3.25. The molecule has 1 aromatic rings. The molecular formula is C14H17FN2O3. The molecule has 1 aliphatic rings. The van der Waals surface area contributed by atoms with Gasteiger partial charge in [-0.15, -0.1) is 0 Å². The van der Waals surface area contributed by atoms with Crippen LogP contribution in [0.1, 0.15) is 13.3 Å². The van der Waals surface area contributed by atoms with Crippen LogP contribution in [0.4, 0.5) is 10.1 Å². The number of carbonyl (C=O) groups is 2. The van der Waals surface area contributed by atoms with Gasteiger partial charge in [0.25, 0.3) is 0 Å². The fourth-order valence-electron chi connectivity index (χ4n) is 2.18. The number of nitrogens with zero attached hydrogens (tertiary/aromatic N) is 1. The summed E-state index contributed by atoms with van der Waals surface area (Å²) in [6.07, 6.45) is 0.0318. The average Bonchev–Trinajstić information content (AvgIpc) is 2.43. The lowest BCUT2D eigenvalue weighted by Crippen LogP contribution is -2.50. The molecule has 0 aromatic heterocycles. The number of hydrogen-bond acceptors (Lipinski definition) is 4. The number of likely N-dealkylation sites (N-methyl/N-ethyl adjacent to an activating group) is 1. The van der Waals surface area contributed by atoms with Gasteiger partial charge in [-0.25, -0.2) is 4.39 Å². The number of morpholine rings is 1. The van der Waals surface area contributed by atoms with E-state index in [0.717, 1.165) is 0 Å². The lowest BCUT2D eigenvalue weighted by atomic mass is 10.1. The molecule has 0 aliphatic carbocycles. The van der Waals surface area contributed by atoms with Crippen LogP contribution in [-0.2, 0) is 14.3 Å². The van der Waals surface area contributed by atoms with Gasteiger partial charge < -0.3 is 10.1 Å². The maximum Gasteiger partial charge on any atom is 0.323 e. The van der Waals surface area contributed by atoms with Crippen LogP contribution in [0.15, 0.2) is 24.3 Å². The van der Waals surface area contributed by atoms with Crippen LogP contribution in [0.3, 0.4) is 0 Å². The molecule has 6 heteroatoms. The van der Waals surface area contributed by atoms with Crippen LogP contribution >= 0.6 is 0 Å². The maximum atomic E-state index is 12.8. The Hall–Kier alpha value is -1.95. The molecule has 108 valence electrons. The lowest BCUT2D eigenvalue weighted by Gasteiger charge is -2.32. The summed E-state index contributed by atoms with van der Waals surface area (Å²) in [6.45, 7) is 3.62. The summed E-state index contributed by atoms with van der Waals surface area (Å²) in [7, 11) is 0. The first kappa shape index (κ1) is 14.5. The van der Waals surface area contributed by atoms with Crippen molar-refractivity contribution in [3.63, 3.8) is 0 Å². The second-order valence-corrected chi connectivity index (χ2v) is 4.57. The van der Waals surface area contributed by atoms with E-state index in [4.69, 9.17) is 4.74 Å². The third-order valence-electron chi connectivity index (χ3n) is 3.25. The van der Waals surface area contributed by atoms with Gasteiger partial charge in [0.2, 0.25) is 5.91 Å². The number of ether oxygens (including phenoxy) is 1. The van der Waals surface area contributed by atoms with Gasteiger partial charge in [0, 0.05) is 12.2 Å². The van der Waals surface area contributed by atoms with E-state index < -0.39 is 6.04 Å². The van der Waals surface area contributed by atoms with Crippen molar-refractivity contribution in [1.29, 1.82) is 0 Å². The highest BCUT2D eigenvalue weighted by atomic mass is 19.1. The Morgan fingerprint density at radius 2 is 2.15 bits per heavy atom. The summed E-state index contributed by atoms with van der Waals surface area (Å²) in [5.41, 5.74) is 0.503. The summed E-state index contributed by atoms with van der Waals surface area (Å²) in [4.78, 5) is 25.5. The molecule has 1 heterocycles. The SMILES string of the molecule is CCN1CCOC(=O)[C@H]1CC(=O)Nc1ccc(F)cc1. The number of halogens is 1. The van der Waals surface area contributed by atoms with Crippen molar-refractivity contribution >= 4 is 17.6 Å². The quantitative estimate of drug-likeness (QED) is 0.847. The minimum atomic E-state index is -0.547.